The van der Waals surface area contributed by atoms with Crippen LogP contribution in [-0.2, 0) is 14.8 Å². The van der Waals surface area contributed by atoms with Gasteiger partial charge in [-0.25, -0.2) is 12.8 Å². The summed E-state index contributed by atoms with van der Waals surface area (Å²) in [6, 6.07) is 2.36. The molecule has 168 valence electrons. The van der Waals surface area contributed by atoms with Crippen LogP contribution in [0.4, 0.5) is 4.39 Å². The van der Waals surface area contributed by atoms with E-state index in [1.807, 2.05) is 0 Å². The van der Waals surface area contributed by atoms with Crippen LogP contribution < -0.4 is 11.1 Å². The highest BCUT2D eigenvalue weighted by Crippen LogP contribution is 2.53. The summed E-state index contributed by atoms with van der Waals surface area (Å²) in [6.07, 6.45) is 6.90. The fourth-order valence-corrected chi connectivity index (χ4v) is 8.40. The van der Waals surface area contributed by atoms with Gasteiger partial charge in [0.25, 0.3) is 0 Å². The van der Waals surface area contributed by atoms with Gasteiger partial charge < -0.3 is 11.1 Å². The number of sulfonamides is 1. The fourth-order valence-electron chi connectivity index (χ4n) is 6.70. The molecule has 2 amide bonds. The molecule has 1 unspecified atom stereocenters. The number of carbonyl (C=O) groups excluding carboxylic acids is 2. The second-order valence-electron chi connectivity index (χ2n) is 9.75. The van der Waals surface area contributed by atoms with Gasteiger partial charge in [0.05, 0.1) is 0 Å². The molecule has 1 atom stereocenters. The minimum atomic E-state index is -4.22. The number of carbonyl (C=O) groups is 2. The van der Waals surface area contributed by atoms with Gasteiger partial charge in [-0.15, -0.1) is 0 Å². The molecule has 1 aliphatic heterocycles. The predicted molar refractivity (Wildman–Crippen MR) is 111 cm³/mol. The van der Waals surface area contributed by atoms with Crippen molar-refractivity contribution in [2.75, 3.05) is 6.54 Å². The van der Waals surface area contributed by atoms with Gasteiger partial charge in [-0.05, 0) is 86.8 Å². The lowest BCUT2D eigenvalue weighted by Gasteiger charge is -2.54. The van der Waals surface area contributed by atoms with Gasteiger partial charge >= 0.3 is 0 Å². The average Bonchev–Trinajstić information content (AvgIpc) is 3.20. The zero-order chi connectivity index (χ0) is 21.9. The van der Waals surface area contributed by atoms with Crippen molar-refractivity contribution in [2.45, 2.75) is 61.9 Å². The molecule has 9 heteroatoms. The number of hydrogen-bond acceptors (Lipinski definition) is 4. The SMILES string of the molecule is NC(=O)c1ccc(S(=O)(=O)N2CCCC2C(=O)NC2C3CC4CC(C3)CC2C4)c(F)c1. The third kappa shape index (κ3) is 3.55. The van der Waals surface area contributed by atoms with Crippen LogP contribution in [0, 0.1) is 29.5 Å². The van der Waals surface area contributed by atoms with Crippen molar-refractivity contribution in [1.82, 2.24) is 9.62 Å². The number of amides is 2. The van der Waals surface area contributed by atoms with E-state index in [-0.39, 0.29) is 24.1 Å². The van der Waals surface area contributed by atoms with E-state index in [2.05, 4.69) is 5.32 Å². The van der Waals surface area contributed by atoms with E-state index >= 15 is 0 Å². The van der Waals surface area contributed by atoms with E-state index < -0.39 is 32.7 Å². The average molecular weight is 450 g/mol. The molecule has 3 N–H and O–H groups in total. The predicted octanol–water partition coefficient (Wildman–Crippen LogP) is 2.02. The fraction of sp³-hybridized carbons (Fsp3) is 0.636. The van der Waals surface area contributed by atoms with Gasteiger partial charge in [0.15, 0.2) is 0 Å². The molecule has 0 radical (unpaired) electrons. The Morgan fingerprint density at radius 2 is 1.71 bits per heavy atom. The zero-order valence-corrected chi connectivity index (χ0v) is 18.1. The standard InChI is InChI=1S/C22H28FN3O4S/c23-17-11-14(21(24)27)3-4-19(17)31(29,30)26-5-1-2-18(26)22(28)25-20-15-7-12-6-13(9-15)10-16(20)8-12/h3-4,11-13,15-16,18,20H,1-2,5-10H2,(H2,24,27)(H,25,28). The van der Waals surface area contributed by atoms with Crippen LogP contribution in [0.1, 0.15) is 55.3 Å². The topological polar surface area (TPSA) is 110 Å². The maximum atomic E-state index is 14.5. The molecule has 5 aliphatic rings. The second kappa shape index (κ2) is 7.55. The van der Waals surface area contributed by atoms with Crippen molar-refractivity contribution in [2.24, 2.45) is 29.4 Å². The van der Waals surface area contributed by atoms with Gasteiger partial charge in [-0.1, -0.05) is 0 Å². The summed E-state index contributed by atoms with van der Waals surface area (Å²) in [7, 11) is -4.22. The quantitative estimate of drug-likeness (QED) is 0.717. The smallest absolute Gasteiger partial charge is 0.248 e. The molecule has 4 saturated carbocycles. The van der Waals surface area contributed by atoms with Crippen molar-refractivity contribution < 1.29 is 22.4 Å². The maximum Gasteiger partial charge on any atom is 0.248 e. The largest absolute Gasteiger partial charge is 0.366 e. The van der Waals surface area contributed by atoms with Gasteiger partial charge in [0, 0.05) is 18.2 Å². The summed E-state index contributed by atoms with van der Waals surface area (Å²) < 4.78 is 42.0. The van der Waals surface area contributed by atoms with Crippen molar-refractivity contribution in [3.8, 4) is 0 Å². The third-order valence-electron chi connectivity index (χ3n) is 7.85. The van der Waals surface area contributed by atoms with Crippen molar-refractivity contribution in [3.63, 3.8) is 0 Å². The van der Waals surface area contributed by atoms with Crippen LogP contribution in [-0.4, -0.2) is 43.2 Å². The molecule has 4 bridgehead atoms. The first-order valence-corrected chi connectivity index (χ1v) is 12.6. The zero-order valence-electron chi connectivity index (χ0n) is 17.3. The molecule has 31 heavy (non-hydrogen) atoms. The molecule has 1 aromatic carbocycles. The van der Waals surface area contributed by atoms with Crippen molar-refractivity contribution >= 4 is 21.8 Å². The normalized spacial score (nSPS) is 34.7. The Morgan fingerprint density at radius 3 is 2.29 bits per heavy atom. The lowest BCUT2D eigenvalue weighted by atomic mass is 9.54. The summed E-state index contributed by atoms with van der Waals surface area (Å²) in [5, 5.41) is 3.20. The number of hydrogen-bond donors (Lipinski definition) is 2. The molecule has 1 saturated heterocycles. The Hall–Kier alpha value is -2.00. The highest BCUT2D eigenvalue weighted by molar-refractivity contribution is 7.89. The Balaban J connectivity index is 1.34. The van der Waals surface area contributed by atoms with Gasteiger partial charge in [0.2, 0.25) is 21.8 Å². The Kier molecular flexibility index (Phi) is 5.08. The van der Waals surface area contributed by atoms with Crippen LogP contribution in [0.15, 0.2) is 23.1 Å². The van der Waals surface area contributed by atoms with Crippen LogP contribution in [0.25, 0.3) is 0 Å². The summed E-state index contributed by atoms with van der Waals surface area (Å²) in [4.78, 5) is 23.9. The molecular weight excluding hydrogens is 421 g/mol. The van der Waals surface area contributed by atoms with Gasteiger partial charge in [-0.2, -0.15) is 4.31 Å². The van der Waals surface area contributed by atoms with Gasteiger partial charge in [-0.3, -0.25) is 9.59 Å². The Bertz CT molecular complexity index is 1000. The van der Waals surface area contributed by atoms with E-state index in [4.69, 9.17) is 5.73 Å². The second-order valence-corrected chi connectivity index (χ2v) is 11.6. The van der Waals surface area contributed by atoms with Crippen LogP contribution >= 0.6 is 0 Å². The van der Waals surface area contributed by atoms with E-state index in [0.717, 1.165) is 54.0 Å². The minimum absolute atomic E-state index is 0.103. The molecule has 4 aliphatic carbocycles. The minimum Gasteiger partial charge on any atom is -0.366 e. The first-order valence-electron chi connectivity index (χ1n) is 11.2. The highest BCUT2D eigenvalue weighted by Gasteiger charge is 2.50. The lowest BCUT2D eigenvalue weighted by Crippen LogP contribution is -2.58. The number of benzene rings is 1. The number of halogens is 1. The molecule has 1 aromatic rings. The molecule has 0 spiro atoms. The van der Waals surface area contributed by atoms with Crippen LogP contribution in [0.2, 0.25) is 0 Å². The molecular formula is C22H28FN3O4S. The number of rotatable bonds is 5. The summed E-state index contributed by atoms with van der Waals surface area (Å²) >= 11 is 0. The first-order chi connectivity index (χ1) is 14.7. The van der Waals surface area contributed by atoms with E-state index in [9.17, 15) is 22.4 Å². The third-order valence-corrected chi connectivity index (χ3v) is 9.79. The monoisotopic (exact) mass is 449 g/mol. The summed E-state index contributed by atoms with van der Waals surface area (Å²) in [6.45, 7) is 0.166. The molecule has 0 aromatic heterocycles. The first kappa shape index (κ1) is 20.9. The Labute approximate surface area is 181 Å². The number of nitrogens with two attached hydrogens (primary N) is 1. The van der Waals surface area contributed by atoms with Crippen LogP contribution in [0.3, 0.4) is 0 Å². The Morgan fingerprint density at radius 1 is 1.06 bits per heavy atom. The number of nitrogens with one attached hydrogen (secondary N) is 1. The van der Waals surface area contributed by atoms with Crippen LogP contribution in [0.5, 0.6) is 0 Å². The highest BCUT2D eigenvalue weighted by atomic mass is 32.2. The molecule has 6 rings (SSSR count). The number of nitrogens with zero attached hydrogens (tertiary/aromatic N) is 1. The maximum absolute atomic E-state index is 14.5. The van der Waals surface area contributed by atoms with E-state index in [1.165, 1.54) is 12.5 Å². The lowest BCUT2D eigenvalue weighted by molar-refractivity contribution is -0.128. The summed E-state index contributed by atoms with van der Waals surface area (Å²) in [5.41, 5.74) is 5.04. The van der Waals surface area contributed by atoms with Gasteiger partial charge in [0.1, 0.15) is 16.8 Å². The van der Waals surface area contributed by atoms with E-state index in [0.29, 0.717) is 24.7 Å². The van der Waals surface area contributed by atoms with Crippen molar-refractivity contribution in [1.29, 1.82) is 0 Å². The van der Waals surface area contributed by atoms with E-state index in [1.54, 1.807) is 0 Å². The molecule has 7 nitrogen and oxygen atoms in total. The summed E-state index contributed by atoms with van der Waals surface area (Å²) in [5.74, 6) is 0.402. The molecule has 5 fully saturated rings. The number of primary amides is 1. The molecule has 1 heterocycles. The van der Waals surface area contributed by atoms with Crippen molar-refractivity contribution in [3.05, 3.63) is 29.6 Å².